The Morgan fingerprint density at radius 2 is 0.574 bits per heavy atom. The fraction of sp³-hybridized carbons (Fsp3) is 0.0250. The minimum absolute atomic E-state index is 0.230. The summed E-state index contributed by atoms with van der Waals surface area (Å²) < 4.78 is 13.9. The molecular formula is C40H29O6P. The second kappa shape index (κ2) is 13.1. The lowest BCUT2D eigenvalue weighted by Crippen LogP contribution is -2.30. The van der Waals surface area contributed by atoms with Crippen molar-refractivity contribution in [3.8, 4) is 0 Å². The van der Waals surface area contributed by atoms with Gasteiger partial charge in [-0.1, -0.05) is 164 Å². The van der Waals surface area contributed by atoms with Crippen LogP contribution in [-0.4, -0.2) is 27.1 Å². The van der Waals surface area contributed by atoms with Crippen LogP contribution in [-0.2, 0) is 9.72 Å². The Bertz CT molecular complexity index is 1860. The molecule has 0 spiro atoms. The first-order valence-corrected chi connectivity index (χ1v) is 16.5. The van der Waals surface area contributed by atoms with Crippen LogP contribution in [0, 0.1) is 0 Å². The molecule has 47 heavy (non-hydrogen) atoms. The Hall–Kier alpha value is -5.52. The lowest BCUT2D eigenvalue weighted by Gasteiger charge is -2.36. The van der Waals surface area contributed by atoms with Crippen molar-refractivity contribution >= 4 is 24.9 Å². The standard InChI is InChI=1S/C40H29O6P/c41-37(28-10-4-1-5-11-28)31-16-22-34(23-17-31)40(47(44,45)46,35-24-18-32(19-25-35)38(42)29-12-6-2-7-13-29)36-26-20-33(21-27-36)39(43)30-14-8-3-9-15-30/h1-27H,(H2,44,45,46). The first kappa shape index (κ1) is 31.5. The van der Waals surface area contributed by atoms with Gasteiger partial charge >= 0.3 is 7.60 Å². The van der Waals surface area contributed by atoms with Gasteiger partial charge in [0.05, 0.1) is 0 Å². The van der Waals surface area contributed by atoms with E-state index in [2.05, 4.69) is 0 Å². The highest BCUT2D eigenvalue weighted by Crippen LogP contribution is 2.64. The maximum absolute atomic E-state index is 13.9. The van der Waals surface area contributed by atoms with Crippen LogP contribution < -0.4 is 0 Å². The van der Waals surface area contributed by atoms with Crippen molar-refractivity contribution in [3.05, 3.63) is 214 Å². The number of carbonyl (C=O) groups excluding carboxylic acids is 3. The molecule has 0 aromatic heterocycles. The van der Waals surface area contributed by atoms with E-state index in [0.29, 0.717) is 33.4 Å². The van der Waals surface area contributed by atoms with Crippen molar-refractivity contribution in [1.82, 2.24) is 0 Å². The molecule has 0 aliphatic heterocycles. The molecule has 0 heterocycles. The van der Waals surface area contributed by atoms with E-state index in [9.17, 15) is 28.7 Å². The van der Waals surface area contributed by atoms with Gasteiger partial charge in [0, 0.05) is 33.4 Å². The second-order valence-electron chi connectivity index (χ2n) is 11.1. The van der Waals surface area contributed by atoms with E-state index in [4.69, 9.17) is 0 Å². The Kier molecular flexibility index (Phi) is 8.75. The zero-order chi connectivity index (χ0) is 33.0. The van der Waals surface area contributed by atoms with Gasteiger partial charge in [0.25, 0.3) is 0 Å². The lowest BCUT2D eigenvalue weighted by molar-refractivity contribution is 0.103. The summed E-state index contributed by atoms with van der Waals surface area (Å²) in [4.78, 5) is 62.0. The van der Waals surface area contributed by atoms with Crippen LogP contribution in [0.3, 0.4) is 0 Å². The van der Waals surface area contributed by atoms with Gasteiger partial charge in [0.1, 0.15) is 5.16 Å². The van der Waals surface area contributed by atoms with E-state index in [1.807, 2.05) is 18.2 Å². The summed E-state index contributed by atoms with van der Waals surface area (Å²) >= 11 is 0. The van der Waals surface area contributed by atoms with Gasteiger partial charge in [0.2, 0.25) is 0 Å². The number of ketones is 3. The summed E-state index contributed by atoms with van der Waals surface area (Å²) in [7, 11) is -5.12. The third-order valence-corrected chi connectivity index (χ3v) is 9.89. The molecule has 2 N–H and O–H groups in total. The van der Waals surface area contributed by atoms with Gasteiger partial charge in [-0.25, -0.2) is 0 Å². The van der Waals surface area contributed by atoms with E-state index in [1.54, 1.807) is 146 Å². The van der Waals surface area contributed by atoms with Gasteiger partial charge in [-0.15, -0.1) is 0 Å². The van der Waals surface area contributed by atoms with Crippen molar-refractivity contribution in [2.75, 3.05) is 0 Å². The Balaban J connectivity index is 1.49. The molecule has 0 saturated heterocycles. The number of rotatable bonds is 10. The summed E-state index contributed by atoms with van der Waals surface area (Å²) in [5.41, 5.74) is 3.22. The first-order chi connectivity index (χ1) is 22.7. The van der Waals surface area contributed by atoms with Gasteiger partial charge in [-0.2, -0.15) is 0 Å². The van der Waals surface area contributed by atoms with Crippen LogP contribution in [0.2, 0.25) is 0 Å². The van der Waals surface area contributed by atoms with Crippen LogP contribution in [0.1, 0.15) is 64.5 Å². The van der Waals surface area contributed by atoms with Crippen LogP contribution in [0.5, 0.6) is 0 Å². The van der Waals surface area contributed by atoms with E-state index < -0.39 is 12.8 Å². The van der Waals surface area contributed by atoms with Gasteiger partial charge in [-0.3, -0.25) is 18.9 Å². The van der Waals surface area contributed by atoms with Gasteiger partial charge in [-0.05, 0) is 16.7 Å². The summed E-state index contributed by atoms with van der Waals surface area (Å²) in [5, 5.41) is -2.04. The maximum atomic E-state index is 13.9. The van der Waals surface area contributed by atoms with Crippen molar-refractivity contribution in [2.24, 2.45) is 0 Å². The van der Waals surface area contributed by atoms with E-state index >= 15 is 0 Å². The van der Waals surface area contributed by atoms with Crippen molar-refractivity contribution < 1.29 is 28.7 Å². The monoisotopic (exact) mass is 636 g/mol. The predicted octanol–water partition coefficient (Wildman–Crippen LogP) is 7.85. The molecule has 0 amide bonds. The lowest BCUT2D eigenvalue weighted by atomic mass is 9.82. The summed E-state index contributed by atoms with van der Waals surface area (Å²) in [6, 6.07) is 44.8. The molecule has 0 radical (unpaired) electrons. The zero-order valence-corrected chi connectivity index (χ0v) is 26.0. The van der Waals surface area contributed by atoms with Crippen LogP contribution in [0.4, 0.5) is 0 Å². The first-order valence-electron chi connectivity index (χ1n) is 14.9. The molecule has 0 fully saturated rings. The Morgan fingerprint density at radius 1 is 0.362 bits per heavy atom. The van der Waals surface area contributed by atoms with Crippen LogP contribution >= 0.6 is 7.60 Å². The smallest absolute Gasteiger partial charge is 0.323 e. The number of carbonyl (C=O) groups is 3. The fourth-order valence-electron chi connectivity index (χ4n) is 5.86. The van der Waals surface area contributed by atoms with Crippen molar-refractivity contribution in [2.45, 2.75) is 5.16 Å². The third-order valence-electron chi connectivity index (χ3n) is 8.24. The molecule has 0 aliphatic rings. The maximum Gasteiger partial charge on any atom is 0.344 e. The molecule has 7 heteroatoms. The van der Waals surface area contributed by atoms with E-state index in [1.165, 1.54) is 0 Å². The van der Waals surface area contributed by atoms with Crippen LogP contribution in [0.15, 0.2) is 164 Å². The predicted molar refractivity (Wildman–Crippen MR) is 181 cm³/mol. The SMILES string of the molecule is O=C(c1ccccc1)c1ccc(C(c2ccc(C(=O)c3ccccc3)cc2)(c2ccc(C(=O)c3ccccc3)cc2)P(=O)(O)O)cc1. The minimum Gasteiger partial charge on any atom is -0.323 e. The third kappa shape index (κ3) is 6.06. The average molecular weight is 637 g/mol. The molecule has 0 atom stereocenters. The summed E-state index contributed by atoms with van der Waals surface area (Å²) in [6.07, 6.45) is 0. The topological polar surface area (TPSA) is 109 Å². The molecule has 6 aromatic rings. The fourth-order valence-corrected chi connectivity index (χ4v) is 7.32. The Morgan fingerprint density at radius 3 is 0.787 bits per heavy atom. The van der Waals surface area contributed by atoms with Crippen molar-refractivity contribution in [3.63, 3.8) is 0 Å². The average Bonchev–Trinajstić information content (AvgIpc) is 3.12. The van der Waals surface area contributed by atoms with Crippen molar-refractivity contribution in [1.29, 1.82) is 0 Å². The number of hydrogen-bond donors (Lipinski definition) is 2. The molecule has 6 rings (SSSR count). The molecule has 0 aliphatic carbocycles. The second-order valence-corrected chi connectivity index (χ2v) is 12.8. The Labute approximate surface area is 272 Å². The number of benzene rings is 6. The van der Waals surface area contributed by atoms with Gasteiger partial charge < -0.3 is 9.79 Å². The normalized spacial score (nSPS) is 11.5. The summed E-state index contributed by atoms with van der Waals surface area (Å²) in [6.45, 7) is 0. The van der Waals surface area contributed by atoms with E-state index in [-0.39, 0.29) is 34.0 Å². The van der Waals surface area contributed by atoms with Gasteiger partial charge in [0.15, 0.2) is 17.3 Å². The molecule has 0 bridgehead atoms. The highest BCUT2D eigenvalue weighted by Gasteiger charge is 2.51. The summed E-state index contributed by atoms with van der Waals surface area (Å²) in [5.74, 6) is -0.690. The van der Waals surface area contributed by atoms with E-state index in [0.717, 1.165) is 0 Å². The quantitative estimate of drug-likeness (QED) is 0.0901. The largest absolute Gasteiger partial charge is 0.344 e. The minimum atomic E-state index is -5.12. The highest BCUT2D eigenvalue weighted by atomic mass is 31.2. The molecular weight excluding hydrogens is 607 g/mol. The highest BCUT2D eigenvalue weighted by molar-refractivity contribution is 7.53. The number of hydrogen-bond acceptors (Lipinski definition) is 4. The zero-order valence-electron chi connectivity index (χ0n) is 25.1. The molecule has 230 valence electrons. The molecule has 0 unspecified atom stereocenters. The molecule has 6 aromatic carbocycles. The molecule has 0 saturated carbocycles. The van der Waals surface area contributed by atoms with Crippen LogP contribution in [0.25, 0.3) is 0 Å². The molecule has 6 nitrogen and oxygen atoms in total.